The standard InChI is InChI=1S/C13H22O3/c1-4-6-7-8-9-11(13(15)16)10(3)12(14)5-2/h9-10H,4-8H2,1-3H3,(H,15,16). The van der Waals surface area contributed by atoms with Crippen LogP contribution in [0.3, 0.4) is 0 Å². The second-order valence-electron chi connectivity index (χ2n) is 4.00. The Bertz CT molecular complexity index is 266. The van der Waals surface area contributed by atoms with Gasteiger partial charge in [-0.3, -0.25) is 4.79 Å². The smallest absolute Gasteiger partial charge is 0.331 e. The van der Waals surface area contributed by atoms with Crippen molar-refractivity contribution in [3.05, 3.63) is 11.6 Å². The number of hydrogen-bond donors (Lipinski definition) is 1. The molecule has 16 heavy (non-hydrogen) atoms. The number of aliphatic carboxylic acids is 1. The zero-order chi connectivity index (χ0) is 12.6. The summed E-state index contributed by atoms with van der Waals surface area (Å²) in [6.07, 6.45) is 6.04. The number of ketones is 1. The molecule has 0 aromatic carbocycles. The molecule has 0 radical (unpaired) electrons. The maximum atomic E-state index is 11.4. The summed E-state index contributed by atoms with van der Waals surface area (Å²) in [7, 11) is 0. The average molecular weight is 226 g/mol. The van der Waals surface area contributed by atoms with Gasteiger partial charge in [0.05, 0.1) is 0 Å². The first-order valence-electron chi connectivity index (χ1n) is 6.00. The molecule has 3 heteroatoms. The van der Waals surface area contributed by atoms with Crippen LogP contribution in [0.5, 0.6) is 0 Å². The molecular weight excluding hydrogens is 204 g/mol. The lowest BCUT2D eigenvalue weighted by molar-refractivity contribution is -0.135. The van der Waals surface area contributed by atoms with E-state index >= 15 is 0 Å². The van der Waals surface area contributed by atoms with Crippen molar-refractivity contribution in [1.29, 1.82) is 0 Å². The lowest BCUT2D eigenvalue weighted by Gasteiger charge is -2.10. The van der Waals surface area contributed by atoms with Crippen LogP contribution in [0, 0.1) is 5.92 Å². The molecule has 3 nitrogen and oxygen atoms in total. The first kappa shape index (κ1) is 14.9. The van der Waals surface area contributed by atoms with Crippen LogP contribution in [0.2, 0.25) is 0 Å². The summed E-state index contributed by atoms with van der Waals surface area (Å²) in [6.45, 7) is 5.53. The third-order valence-corrected chi connectivity index (χ3v) is 2.72. The van der Waals surface area contributed by atoms with Crippen molar-refractivity contribution in [2.24, 2.45) is 5.92 Å². The van der Waals surface area contributed by atoms with Gasteiger partial charge in [0.1, 0.15) is 5.78 Å². The first-order valence-corrected chi connectivity index (χ1v) is 6.00. The Morgan fingerprint density at radius 3 is 2.31 bits per heavy atom. The van der Waals surface area contributed by atoms with E-state index in [1.165, 1.54) is 0 Å². The van der Waals surface area contributed by atoms with Crippen LogP contribution in [-0.2, 0) is 9.59 Å². The van der Waals surface area contributed by atoms with E-state index in [0.29, 0.717) is 6.42 Å². The van der Waals surface area contributed by atoms with Gasteiger partial charge in [-0.05, 0) is 12.8 Å². The molecule has 0 saturated carbocycles. The summed E-state index contributed by atoms with van der Waals surface area (Å²) in [5.41, 5.74) is 0.253. The van der Waals surface area contributed by atoms with Gasteiger partial charge in [0, 0.05) is 17.9 Å². The minimum absolute atomic E-state index is 0.0101. The minimum Gasteiger partial charge on any atom is -0.478 e. The number of carboxylic acids is 1. The average Bonchev–Trinajstić information content (AvgIpc) is 2.26. The predicted octanol–water partition coefficient (Wildman–Crippen LogP) is 3.19. The second kappa shape index (κ2) is 8.08. The maximum Gasteiger partial charge on any atom is 0.331 e. The van der Waals surface area contributed by atoms with Crippen LogP contribution >= 0.6 is 0 Å². The molecule has 1 atom stereocenters. The van der Waals surface area contributed by atoms with E-state index in [4.69, 9.17) is 5.11 Å². The summed E-state index contributed by atoms with van der Waals surface area (Å²) in [4.78, 5) is 22.4. The number of carbonyl (C=O) groups excluding carboxylic acids is 1. The summed E-state index contributed by atoms with van der Waals surface area (Å²) in [5.74, 6) is -1.46. The van der Waals surface area contributed by atoms with E-state index in [9.17, 15) is 9.59 Å². The Hall–Kier alpha value is -1.12. The molecule has 0 rings (SSSR count). The zero-order valence-electron chi connectivity index (χ0n) is 10.5. The maximum absolute atomic E-state index is 11.4. The highest BCUT2D eigenvalue weighted by molar-refractivity contribution is 5.96. The third kappa shape index (κ3) is 5.10. The van der Waals surface area contributed by atoms with Gasteiger partial charge in [-0.25, -0.2) is 4.79 Å². The number of Topliss-reactive ketones (excluding diaryl/α,β-unsaturated/α-hetero) is 1. The highest BCUT2D eigenvalue weighted by atomic mass is 16.4. The summed E-state index contributed by atoms with van der Waals surface area (Å²) >= 11 is 0. The molecule has 1 unspecified atom stereocenters. The fraction of sp³-hybridized carbons (Fsp3) is 0.692. The number of carboxylic acid groups (broad SMARTS) is 1. The van der Waals surface area contributed by atoms with Crippen LogP contribution in [0.15, 0.2) is 11.6 Å². The van der Waals surface area contributed by atoms with Gasteiger partial charge in [-0.15, -0.1) is 0 Å². The van der Waals surface area contributed by atoms with Crippen molar-refractivity contribution < 1.29 is 14.7 Å². The first-order chi connectivity index (χ1) is 7.54. The highest BCUT2D eigenvalue weighted by Crippen LogP contribution is 2.15. The Labute approximate surface area is 97.5 Å². The van der Waals surface area contributed by atoms with Gasteiger partial charge in [-0.1, -0.05) is 39.7 Å². The fourth-order valence-corrected chi connectivity index (χ4v) is 1.58. The number of allylic oxidation sites excluding steroid dienone is 1. The van der Waals surface area contributed by atoms with Crippen molar-refractivity contribution in [3.8, 4) is 0 Å². The lowest BCUT2D eigenvalue weighted by atomic mass is 9.94. The Morgan fingerprint density at radius 1 is 1.25 bits per heavy atom. The normalized spacial score (nSPS) is 13.6. The van der Waals surface area contributed by atoms with Crippen molar-refractivity contribution in [2.75, 3.05) is 0 Å². The molecule has 0 fully saturated rings. The second-order valence-corrected chi connectivity index (χ2v) is 4.00. The van der Waals surface area contributed by atoms with Gasteiger partial charge in [0.2, 0.25) is 0 Å². The molecule has 0 aliphatic carbocycles. The van der Waals surface area contributed by atoms with Gasteiger partial charge in [0.15, 0.2) is 0 Å². The Morgan fingerprint density at radius 2 is 1.88 bits per heavy atom. The molecule has 0 saturated heterocycles. The topological polar surface area (TPSA) is 54.4 Å². The van der Waals surface area contributed by atoms with E-state index < -0.39 is 11.9 Å². The van der Waals surface area contributed by atoms with Crippen LogP contribution in [0.4, 0.5) is 0 Å². The van der Waals surface area contributed by atoms with Gasteiger partial charge >= 0.3 is 5.97 Å². The molecule has 0 aliphatic heterocycles. The van der Waals surface area contributed by atoms with Crippen LogP contribution in [0.25, 0.3) is 0 Å². The van der Waals surface area contributed by atoms with Crippen molar-refractivity contribution in [3.63, 3.8) is 0 Å². The molecule has 0 spiro atoms. The monoisotopic (exact) mass is 226 g/mol. The highest BCUT2D eigenvalue weighted by Gasteiger charge is 2.20. The third-order valence-electron chi connectivity index (χ3n) is 2.72. The van der Waals surface area contributed by atoms with E-state index in [-0.39, 0.29) is 11.4 Å². The van der Waals surface area contributed by atoms with Gasteiger partial charge in [-0.2, -0.15) is 0 Å². The summed E-state index contributed by atoms with van der Waals surface area (Å²) < 4.78 is 0. The van der Waals surface area contributed by atoms with Crippen LogP contribution in [0.1, 0.15) is 52.9 Å². The molecule has 92 valence electrons. The molecule has 0 aromatic heterocycles. The Balaban J connectivity index is 4.48. The van der Waals surface area contributed by atoms with Crippen LogP contribution in [-0.4, -0.2) is 16.9 Å². The molecular formula is C13H22O3. The number of hydrogen-bond acceptors (Lipinski definition) is 2. The molecule has 0 bridgehead atoms. The fourth-order valence-electron chi connectivity index (χ4n) is 1.58. The molecule has 0 aliphatic rings. The minimum atomic E-state index is -0.967. The van der Waals surface area contributed by atoms with E-state index in [2.05, 4.69) is 6.92 Å². The van der Waals surface area contributed by atoms with E-state index in [1.54, 1.807) is 19.9 Å². The van der Waals surface area contributed by atoms with E-state index in [0.717, 1.165) is 25.7 Å². The largest absolute Gasteiger partial charge is 0.478 e. The predicted molar refractivity (Wildman–Crippen MR) is 64.3 cm³/mol. The van der Waals surface area contributed by atoms with Crippen LogP contribution < -0.4 is 0 Å². The summed E-state index contributed by atoms with van der Waals surface area (Å²) in [6, 6.07) is 0. The van der Waals surface area contributed by atoms with Crippen molar-refractivity contribution in [1.82, 2.24) is 0 Å². The molecule has 0 amide bonds. The van der Waals surface area contributed by atoms with Gasteiger partial charge in [0.25, 0.3) is 0 Å². The SMILES string of the molecule is CCCCCC=C(C(=O)O)C(C)C(=O)CC. The van der Waals surface area contributed by atoms with E-state index in [1.807, 2.05) is 0 Å². The number of carbonyl (C=O) groups is 2. The molecule has 0 heterocycles. The molecule has 0 aromatic rings. The zero-order valence-corrected chi connectivity index (χ0v) is 10.5. The molecule has 1 N–H and O–H groups in total. The number of rotatable bonds is 8. The van der Waals surface area contributed by atoms with Crippen molar-refractivity contribution >= 4 is 11.8 Å². The lowest BCUT2D eigenvalue weighted by Crippen LogP contribution is -2.18. The quantitative estimate of drug-likeness (QED) is 0.511. The number of unbranched alkanes of at least 4 members (excludes halogenated alkanes) is 3. The summed E-state index contributed by atoms with van der Waals surface area (Å²) in [5, 5.41) is 9.02. The Kier molecular flexibility index (Phi) is 7.52. The van der Waals surface area contributed by atoms with Gasteiger partial charge < -0.3 is 5.11 Å². The van der Waals surface area contributed by atoms with Crippen molar-refractivity contribution in [2.45, 2.75) is 52.9 Å².